The van der Waals surface area contributed by atoms with Gasteiger partial charge in [0.25, 0.3) is 0 Å². The second kappa shape index (κ2) is 13.5. The molecule has 0 saturated carbocycles. The normalized spacial score (nSPS) is 13.9. The van der Waals surface area contributed by atoms with E-state index in [-0.39, 0.29) is 36.5 Å². The molecule has 9 nitrogen and oxygen atoms in total. The molecular formula is C29H39FN6O3. The minimum absolute atomic E-state index is 0.111. The van der Waals surface area contributed by atoms with E-state index in [1.807, 2.05) is 17.8 Å². The molecule has 1 aliphatic rings. The van der Waals surface area contributed by atoms with Crippen LogP contribution in [0.1, 0.15) is 68.3 Å². The number of halogens is 1. The highest BCUT2D eigenvalue weighted by molar-refractivity contribution is 5.92. The van der Waals surface area contributed by atoms with E-state index in [1.165, 1.54) is 6.07 Å². The number of amides is 2. The number of aryl methyl sites for hydroxylation is 3. The molecule has 3 heterocycles. The monoisotopic (exact) mass is 538 g/mol. The number of hydrogen-bond donors (Lipinski definition) is 3. The number of nitrogens with one attached hydrogen (secondary N) is 3. The summed E-state index contributed by atoms with van der Waals surface area (Å²) in [6.07, 6.45) is 5.35. The van der Waals surface area contributed by atoms with Crippen molar-refractivity contribution in [1.29, 1.82) is 0 Å². The number of pyridine rings is 1. The molecule has 0 radical (unpaired) electrons. The molecule has 210 valence electrons. The van der Waals surface area contributed by atoms with Gasteiger partial charge < -0.3 is 20.7 Å². The van der Waals surface area contributed by atoms with Crippen molar-refractivity contribution in [2.24, 2.45) is 0 Å². The van der Waals surface area contributed by atoms with Crippen LogP contribution in [0.5, 0.6) is 0 Å². The molecule has 10 heteroatoms. The molecule has 39 heavy (non-hydrogen) atoms. The molecule has 1 aliphatic heterocycles. The lowest BCUT2D eigenvalue weighted by atomic mass is 10.0. The third-order valence-electron chi connectivity index (χ3n) is 7.16. The summed E-state index contributed by atoms with van der Waals surface area (Å²) >= 11 is 0. The zero-order valence-corrected chi connectivity index (χ0v) is 23.1. The minimum atomic E-state index is -0.264. The molecule has 2 aromatic heterocycles. The fourth-order valence-corrected chi connectivity index (χ4v) is 4.89. The molecule has 1 fully saturated rings. The number of nitrogens with zero attached hydrogens (tertiary/aromatic N) is 3. The molecule has 4 rings (SSSR count). The van der Waals surface area contributed by atoms with Gasteiger partial charge in [-0.3, -0.25) is 9.59 Å². The molecule has 3 aromatic rings. The number of aromatic nitrogens is 3. The summed E-state index contributed by atoms with van der Waals surface area (Å²) in [6.45, 7) is 8.67. The lowest BCUT2D eigenvalue weighted by Crippen LogP contribution is -2.30. The topological polar surface area (TPSA) is 110 Å². The summed E-state index contributed by atoms with van der Waals surface area (Å²) in [7, 11) is 0. The van der Waals surface area contributed by atoms with Crippen LogP contribution in [-0.2, 0) is 40.4 Å². The van der Waals surface area contributed by atoms with E-state index < -0.39 is 0 Å². The molecule has 0 unspecified atom stereocenters. The third kappa shape index (κ3) is 7.32. The summed E-state index contributed by atoms with van der Waals surface area (Å²) < 4.78 is 20.9. The second-order valence-electron chi connectivity index (χ2n) is 9.98. The Morgan fingerprint density at radius 2 is 1.82 bits per heavy atom. The molecule has 1 saturated heterocycles. The Hall–Kier alpha value is -3.53. The highest BCUT2D eigenvalue weighted by Crippen LogP contribution is 2.31. The molecular weight excluding hydrogens is 499 g/mol. The maximum atomic E-state index is 13.4. The zero-order valence-electron chi connectivity index (χ0n) is 23.1. The van der Waals surface area contributed by atoms with E-state index in [9.17, 15) is 14.0 Å². The molecule has 2 amide bonds. The van der Waals surface area contributed by atoms with Crippen molar-refractivity contribution in [1.82, 2.24) is 25.4 Å². The number of fused-ring (bicyclic) bond motifs is 1. The van der Waals surface area contributed by atoms with Gasteiger partial charge in [0, 0.05) is 63.0 Å². The van der Waals surface area contributed by atoms with E-state index in [0.717, 1.165) is 72.6 Å². The summed E-state index contributed by atoms with van der Waals surface area (Å²) in [5, 5.41) is 15.1. The van der Waals surface area contributed by atoms with Crippen LogP contribution >= 0.6 is 0 Å². The van der Waals surface area contributed by atoms with Crippen LogP contribution in [0.4, 0.5) is 10.1 Å². The highest BCUT2D eigenvalue weighted by Gasteiger charge is 2.22. The van der Waals surface area contributed by atoms with E-state index in [0.29, 0.717) is 25.1 Å². The van der Waals surface area contributed by atoms with Gasteiger partial charge >= 0.3 is 0 Å². The Labute approximate surface area is 228 Å². The number of benzene rings is 1. The van der Waals surface area contributed by atoms with Crippen molar-refractivity contribution in [3.05, 3.63) is 52.6 Å². The van der Waals surface area contributed by atoms with Crippen LogP contribution in [0.2, 0.25) is 0 Å². The number of carbonyl (C=O) groups is 2. The van der Waals surface area contributed by atoms with Gasteiger partial charge in [0.15, 0.2) is 5.65 Å². The molecule has 0 bridgehead atoms. The van der Waals surface area contributed by atoms with Gasteiger partial charge in [-0.05, 0) is 56.7 Å². The first-order valence-electron chi connectivity index (χ1n) is 13.9. The van der Waals surface area contributed by atoms with Crippen molar-refractivity contribution in [3.63, 3.8) is 0 Å². The molecule has 0 atom stereocenters. The molecule has 0 spiro atoms. The van der Waals surface area contributed by atoms with Crippen molar-refractivity contribution in [3.8, 4) is 0 Å². The van der Waals surface area contributed by atoms with E-state index >= 15 is 0 Å². The van der Waals surface area contributed by atoms with Crippen molar-refractivity contribution in [2.45, 2.75) is 85.0 Å². The van der Waals surface area contributed by atoms with Crippen LogP contribution in [-0.4, -0.2) is 45.8 Å². The van der Waals surface area contributed by atoms with Crippen LogP contribution in [0, 0.1) is 12.7 Å². The first-order chi connectivity index (χ1) is 18.9. The van der Waals surface area contributed by atoms with Crippen LogP contribution in [0.15, 0.2) is 24.4 Å². The van der Waals surface area contributed by atoms with E-state index in [2.05, 4.69) is 28.0 Å². The maximum absolute atomic E-state index is 13.4. The van der Waals surface area contributed by atoms with Crippen LogP contribution < -0.4 is 16.0 Å². The SMILES string of the molecule is CCc1nc2c(cnn2CC)c(NC2CCOCC2)c1CNC(=O)CCCC(=O)NCc1ccc(F)c(C)c1. The van der Waals surface area contributed by atoms with Crippen molar-refractivity contribution < 1.29 is 18.7 Å². The fraction of sp³-hybridized carbons (Fsp3) is 0.517. The van der Waals surface area contributed by atoms with E-state index in [4.69, 9.17) is 9.72 Å². The Kier molecular flexibility index (Phi) is 9.86. The van der Waals surface area contributed by atoms with Crippen LogP contribution in [0.3, 0.4) is 0 Å². The van der Waals surface area contributed by atoms with Crippen molar-refractivity contribution in [2.75, 3.05) is 18.5 Å². The third-order valence-corrected chi connectivity index (χ3v) is 7.16. The van der Waals surface area contributed by atoms with Gasteiger partial charge in [-0.25, -0.2) is 14.1 Å². The fourth-order valence-electron chi connectivity index (χ4n) is 4.89. The van der Waals surface area contributed by atoms with Gasteiger partial charge in [0.05, 0.1) is 17.3 Å². The second-order valence-corrected chi connectivity index (χ2v) is 9.98. The molecule has 3 N–H and O–H groups in total. The molecule has 0 aliphatic carbocycles. The first kappa shape index (κ1) is 28.5. The van der Waals surface area contributed by atoms with Gasteiger partial charge in [0.1, 0.15) is 5.82 Å². The predicted octanol–water partition coefficient (Wildman–Crippen LogP) is 4.15. The van der Waals surface area contributed by atoms with Crippen LogP contribution in [0.25, 0.3) is 11.0 Å². The molecule has 1 aromatic carbocycles. The van der Waals surface area contributed by atoms with Gasteiger partial charge in [-0.2, -0.15) is 5.10 Å². The van der Waals surface area contributed by atoms with Gasteiger partial charge in [-0.1, -0.05) is 19.1 Å². The summed E-state index contributed by atoms with van der Waals surface area (Å²) in [5.74, 6) is -0.510. The maximum Gasteiger partial charge on any atom is 0.220 e. The number of anilines is 1. The van der Waals surface area contributed by atoms with E-state index in [1.54, 1.807) is 19.1 Å². The lowest BCUT2D eigenvalue weighted by Gasteiger charge is -2.26. The number of carbonyl (C=O) groups excluding carboxylic acids is 2. The summed E-state index contributed by atoms with van der Waals surface area (Å²) in [6, 6.07) is 5.06. The Bertz CT molecular complexity index is 1300. The van der Waals surface area contributed by atoms with Gasteiger partial charge in [-0.15, -0.1) is 0 Å². The Balaban J connectivity index is 1.35. The standard InChI is InChI=1S/C29H39FN6O3/c1-4-25-22(28(34-21-11-13-39-14-12-21)23-18-33-36(5-2)29(23)35-25)17-32-27(38)8-6-7-26(37)31-16-20-9-10-24(30)19(3)15-20/h9-10,15,18,21H,4-8,11-14,16-17H2,1-3H3,(H,31,37)(H,32,38)(H,34,35). The number of hydrogen-bond acceptors (Lipinski definition) is 6. The summed E-state index contributed by atoms with van der Waals surface area (Å²) in [5.41, 5.74) is 5.13. The predicted molar refractivity (Wildman–Crippen MR) is 149 cm³/mol. The largest absolute Gasteiger partial charge is 0.381 e. The first-order valence-corrected chi connectivity index (χ1v) is 13.9. The number of rotatable bonds is 12. The van der Waals surface area contributed by atoms with Crippen molar-refractivity contribution >= 4 is 28.5 Å². The highest BCUT2D eigenvalue weighted by atomic mass is 19.1. The minimum Gasteiger partial charge on any atom is -0.381 e. The van der Waals surface area contributed by atoms with Gasteiger partial charge in [0.2, 0.25) is 11.8 Å². The average molecular weight is 539 g/mol. The summed E-state index contributed by atoms with van der Waals surface area (Å²) in [4.78, 5) is 29.9. The smallest absolute Gasteiger partial charge is 0.220 e. The zero-order chi connectivity index (χ0) is 27.8. The Morgan fingerprint density at radius 1 is 1.10 bits per heavy atom. The number of ether oxygens (including phenoxy) is 1. The lowest BCUT2D eigenvalue weighted by molar-refractivity contribution is -0.122. The quantitative estimate of drug-likeness (QED) is 0.320. The average Bonchev–Trinajstić information content (AvgIpc) is 3.36. The Morgan fingerprint density at radius 3 is 2.49 bits per heavy atom.